The van der Waals surface area contributed by atoms with E-state index in [-0.39, 0.29) is 29.9 Å². The van der Waals surface area contributed by atoms with Crippen LogP contribution in [0.2, 0.25) is 0 Å². The summed E-state index contributed by atoms with van der Waals surface area (Å²) >= 11 is 0. The van der Waals surface area contributed by atoms with Crippen molar-refractivity contribution in [1.29, 1.82) is 0 Å². The average Bonchev–Trinajstić information content (AvgIpc) is 3.23. The SMILES string of the molecule is Cc1cc(NC(=O)c2ccc(F)c(C(F)(F)C(=O)N3CCc4[nH]ncc4C3)c2)ccc1F. The molecule has 0 saturated heterocycles. The van der Waals surface area contributed by atoms with E-state index >= 15 is 8.78 Å². The Morgan fingerprint density at radius 2 is 1.88 bits per heavy atom. The van der Waals surface area contributed by atoms with Gasteiger partial charge >= 0.3 is 5.92 Å². The molecule has 3 aromatic rings. The second-order valence-corrected chi connectivity index (χ2v) is 7.54. The summed E-state index contributed by atoms with van der Waals surface area (Å²) in [6.45, 7) is 1.45. The molecule has 32 heavy (non-hydrogen) atoms. The fourth-order valence-corrected chi connectivity index (χ4v) is 3.54. The molecule has 166 valence electrons. The molecule has 6 nitrogen and oxygen atoms in total. The molecule has 0 atom stereocenters. The molecule has 0 fully saturated rings. The van der Waals surface area contributed by atoms with Gasteiger partial charge in [-0.25, -0.2) is 8.78 Å². The number of carbonyl (C=O) groups is 2. The third-order valence-corrected chi connectivity index (χ3v) is 5.34. The highest BCUT2D eigenvalue weighted by atomic mass is 19.3. The lowest BCUT2D eigenvalue weighted by Crippen LogP contribution is -2.44. The number of aromatic nitrogens is 2. The van der Waals surface area contributed by atoms with E-state index in [9.17, 15) is 18.4 Å². The monoisotopic (exact) mass is 446 g/mol. The van der Waals surface area contributed by atoms with Gasteiger partial charge in [-0.3, -0.25) is 14.7 Å². The number of alkyl halides is 2. The molecule has 1 aliphatic heterocycles. The van der Waals surface area contributed by atoms with Crippen molar-refractivity contribution in [2.24, 2.45) is 0 Å². The van der Waals surface area contributed by atoms with Crippen molar-refractivity contribution in [2.75, 3.05) is 11.9 Å². The van der Waals surface area contributed by atoms with Gasteiger partial charge in [0.05, 0.1) is 11.8 Å². The molecule has 0 radical (unpaired) electrons. The molecular formula is C22H18F4N4O2. The van der Waals surface area contributed by atoms with Gasteiger partial charge in [-0.15, -0.1) is 0 Å². The number of hydrogen-bond acceptors (Lipinski definition) is 3. The highest BCUT2D eigenvalue weighted by Crippen LogP contribution is 2.34. The van der Waals surface area contributed by atoms with Gasteiger partial charge in [-0.1, -0.05) is 0 Å². The average molecular weight is 446 g/mol. The molecule has 0 unspecified atom stereocenters. The van der Waals surface area contributed by atoms with Gasteiger partial charge in [0.2, 0.25) is 0 Å². The van der Waals surface area contributed by atoms with Crippen LogP contribution in [-0.4, -0.2) is 33.5 Å². The number of amides is 2. The molecule has 1 aromatic heterocycles. The zero-order valence-electron chi connectivity index (χ0n) is 16.9. The normalized spacial score (nSPS) is 13.6. The summed E-state index contributed by atoms with van der Waals surface area (Å²) < 4.78 is 57.8. The third-order valence-electron chi connectivity index (χ3n) is 5.34. The minimum Gasteiger partial charge on any atom is -0.332 e. The summed E-state index contributed by atoms with van der Waals surface area (Å²) in [4.78, 5) is 26.0. The van der Waals surface area contributed by atoms with Crippen molar-refractivity contribution in [3.8, 4) is 0 Å². The second kappa shape index (κ2) is 8.10. The van der Waals surface area contributed by atoms with Crippen LogP contribution in [0, 0.1) is 18.6 Å². The molecule has 0 saturated carbocycles. The molecule has 0 spiro atoms. The number of nitrogens with zero attached hydrogens (tertiary/aromatic N) is 2. The van der Waals surface area contributed by atoms with Crippen LogP contribution >= 0.6 is 0 Å². The van der Waals surface area contributed by atoms with Crippen molar-refractivity contribution >= 4 is 17.5 Å². The Labute approximate surface area is 180 Å². The number of H-pyrrole nitrogens is 1. The van der Waals surface area contributed by atoms with E-state index in [4.69, 9.17) is 0 Å². The first-order valence-electron chi connectivity index (χ1n) is 9.72. The van der Waals surface area contributed by atoms with Crippen molar-refractivity contribution < 1.29 is 27.2 Å². The number of rotatable bonds is 4. The zero-order valence-corrected chi connectivity index (χ0v) is 16.9. The number of nitrogens with one attached hydrogen (secondary N) is 2. The summed E-state index contributed by atoms with van der Waals surface area (Å²) in [5.74, 6) is -8.32. The second-order valence-electron chi connectivity index (χ2n) is 7.54. The van der Waals surface area contributed by atoms with E-state index < -0.39 is 34.9 Å². The first kappa shape index (κ1) is 21.5. The molecule has 0 aliphatic carbocycles. The van der Waals surface area contributed by atoms with Crippen LogP contribution in [0.4, 0.5) is 23.2 Å². The summed E-state index contributed by atoms with van der Waals surface area (Å²) in [7, 11) is 0. The van der Waals surface area contributed by atoms with Crippen LogP contribution in [0.25, 0.3) is 0 Å². The Hall–Kier alpha value is -3.69. The van der Waals surface area contributed by atoms with Gasteiger partial charge in [-0.05, 0) is 48.9 Å². The first-order valence-corrected chi connectivity index (χ1v) is 9.72. The predicted octanol–water partition coefficient (Wildman–Crippen LogP) is 3.93. The number of halogens is 4. The summed E-state index contributed by atoms with van der Waals surface area (Å²) in [6, 6.07) is 6.24. The fraction of sp³-hybridized carbons (Fsp3) is 0.227. The van der Waals surface area contributed by atoms with E-state index in [1.165, 1.54) is 25.3 Å². The Bertz CT molecular complexity index is 1210. The number of hydrogen-bond donors (Lipinski definition) is 2. The Morgan fingerprint density at radius 1 is 1.12 bits per heavy atom. The van der Waals surface area contributed by atoms with Gasteiger partial charge in [0.25, 0.3) is 11.8 Å². The van der Waals surface area contributed by atoms with Crippen molar-refractivity contribution in [2.45, 2.75) is 25.8 Å². The van der Waals surface area contributed by atoms with Gasteiger partial charge in [0.1, 0.15) is 11.6 Å². The van der Waals surface area contributed by atoms with Crippen molar-refractivity contribution in [3.63, 3.8) is 0 Å². The summed E-state index contributed by atoms with van der Waals surface area (Å²) in [5, 5.41) is 9.02. The van der Waals surface area contributed by atoms with E-state index in [1.807, 2.05) is 0 Å². The number of anilines is 1. The fourth-order valence-electron chi connectivity index (χ4n) is 3.54. The Morgan fingerprint density at radius 3 is 2.62 bits per heavy atom. The highest BCUT2D eigenvalue weighted by molar-refractivity contribution is 6.04. The van der Waals surface area contributed by atoms with Crippen LogP contribution in [0.5, 0.6) is 0 Å². The number of carbonyl (C=O) groups excluding carboxylic acids is 2. The van der Waals surface area contributed by atoms with Crippen LogP contribution in [0.15, 0.2) is 42.6 Å². The van der Waals surface area contributed by atoms with E-state index in [0.717, 1.165) is 22.7 Å². The molecular weight excluding hydrogens is 428 g/mol. The molecule has 2 N–H and O–H groups in total. The van der Waals surface area contributed by atoms with Crippen LogP contribution in [0.1, 0.15) is 32.7 Å². The summed E-state index contributed by atoms with van der Waals surface area (Å²) in [5.41, 5.74) is 0.436. The minimum atomic E-state index is -4.19. The Kier molecular flexibility index (Phi) is 5.45. The van der Waals surface area contributed by atoms with Gasteiger partial charge in [-0.2, -0.15) is 13.9 Å². The number of benzene rings is 2. The van der Waals surface area contributed by atoms with Gasteiger partial charge < -0.3 is 10.2 Å². The summed E-state index contributed by atoms with van der Waals surface area (Å²) in [6.07, 6.45) is 1.77. The lowest BCUT2D eigenvalue weighted by molar-refractivity contribution is -0.160. The molecule has 2 amide bonds. The molecule has 1 aliphatic rings. The zero-order chi connectivity index (χ0) is 23.0. The standard InChI is InChI=1S/C22H18F4N4O2/c1-12-8-15(3-5-17(12)23)28-20(31)13-2-4-18(24)16(9-13)22(25,26)21(32)30-7-6-19-14(11-30)10-27-29-19/h2-5,8-10H,6-7,11H2,1H3,(H,27,29)(H,28,31). The van der Waals surface area contributed by atoms with E-state index in [0.29, 0.717) is 24.1 Å². The quantitative estimate of drug-likeness (QED) is 0.597. The Balaban J connectivity index is 1.57. The largest absolute Gasteiger partial charge is 0.352 e. The lowest BCUT2D eigenvalue weighted by atomic mass is 10.0. The van der Waals surface area contributed by atoms with E-state index in [1.54, 1.807) is 0 Å². The van der Waals surface area contributed by atoms with Crippen LogP contribution in [-0.2, 0) is 23.7 Å². The van der Waals surface area contributed by atoms with Crippen LogP contribution < -0.4 is 5.32 Å². The first-order chi connectivity index (χ1) is 15.2. The molecule has 2 heterocycles. The third kappa shape index (κ3) is 3.95. The maximum atomic E-state index is 15.0. The van der Waals surface area contributed by atoms with Gasteiger partial charge in [0.15, 0.2) is 0 Å². The molecule has 2 aromatic carbocycles. The minimum absolute atomic E-state index is 0.0231. The number of aryl methyl sites for hydroxylation is 1. The lowest BCUT2D eigenvalue weighted by Gasteiger charge is -2.30. The highest BCUT2D eigenvalue weighted by Gasteiger charge is 2.47. The van der Waals surface area contributed by atoms with Crippen molar-refractivity contribution in [1.82, 2.24) is 15.1 Å². The predicted molar refractivity (Wildman–Crippen MR) is 107 cm³/mol. The molecule has 4 rings (SSSR count). The van der Waals surface area contributed by atoms with Gasteiger partial charge in [0, 0.05) is 42.0 Å². The maximum absolute atomic E-state index is 15.0. The number of aromatic amines is 1. The molecule has 0 bridgehead atoms. The van der Waals surface area contributed by atoms with Crippen molar-refractivity contribution in [3.05, 3.63) is 82.2 Å². The number of fused-ring (bicyclic) bond motifs is 1. The topological polar surface area (TPSA) is 78.1 Å². The maximum Gasteiger partial charge on any atom is 0.352 e. The smallest absolute Gasteiger partial charge is 0.332 e. The van der Waals surface area contributed by atoms with E-state index in [2.05, 4.69) is 15.5 Å². The van der Waals surface area contributed by atoms with Crippen LogP contribution in [0.3, 0.4) is 0 Å². The molecule has 10 heteroatoms.